The number of anilines is 1. The van der Waals surface area contributed by atoms with Crippen LogP contribution in [0.25, 0.3) is 0 Å². The number of nitrogens with two attached hydrogens (primary N) is 2. The molecule has 0 amide bonds. The predicted molar refractivity (Wildman–Crippen MR) is 121 cm³/mol. The molecular formula is C18H28N4O5PS2+. The van der Waals surface area contributed by atoms with E-state index in [4.69, 9.17) is 20.9 Å². The molecule has 30 heavy (non-hydrogen) atoms. The fraction of sp³-hybridized carbons (Fsp3) is 0.667. The molecule has 0 spiro atoms. The number of ether oxygens (including phenoxy) is 2. The Morgan fingerprint density at radius 3 is 2.87 bits per heavy atom. The van der Waals surface area contributed by atoms with Gasteiger partial charge < -0.3 is 20.9 Å². The Morgan fingerprint density at radius 2 is 2.27 bits per heavy atom. The van der Waals surface area contributed by atoms with Crippen LogP contribution >= 0.6 is 29.6 Å². The van der Waals surface area contributed by atoms with Crippen LogP contribution in [0.2, 0.25) is 0 Å². The van der Waals surface area contributed by atoms with Crippen molar-refractivity contribution >= 4 is 35.4 Å². The quantitative estimate of drug-likeness (QED) is 0.221. The molecule has 2 rings (SSSR count). The highest BCUT2D eigenvalue weighted by Crippen LogP contribution is 2.44. The van der Waals surface area contributed by atoms with E-state index in [1.807, 2.05) is 13.2 Å². The average molecular weight is 476 g/mol. The van der Waals surface area contributed by atoms with Gasteiger partial charge in [-0.25, -0.2) is 4.79 Å². The first-order valence-electron chi connectivity index (χ1n) is 9.33. The van der Waals surface area contributed by atoms with Crippen LogP contribution in [0.1, 0.15) is 45.4 Å². The monoisotopic (exact) mass is 475 g/mol. The summed E-state index contributed by atoms with van der Waals surface area (Å²) in [6, 6.07) is 0. The highest BCUT2D eigenvalue weighted by atomic mass is 33.1. The van der Waals surface area contributed by atoms with E-state index in [1.165, 1.54) is 10.8 Å². The highest BCUT2D eigenvalue weighted by Gasteiger charge is 2.48. The van der Waals surface area contributed by atoms with Gasteiger partial charge in [-0.15, -0.1) is 0 Å². The van der Waals surface area contributed by atoms with E-state index in [0.29, 0.717) is 18.4 Å². The van der Waals surface area contributed by atoms with Crippen molar-refractivity contribution in [2.24, 2.45) is 5.73 Å². The lowest BCUT2D eigenvalue weighted by atomic mass is 10.0. The maximum absolute atomic E-state index is 12.5. The van der Waals surface area contributed by atoms with E-state index in [0.717, 1.165) is 0 Å². The molecule has 4 unspecified atom stereocenters. The van der Waals surface area contributed by atoms with Gasteiger partial charge in [-0.05, 0) is 31.6 Å². The molecular weight excluding hydrogens is 447 g/mol. The van der Waals surface area contributed by atoms with Gasteiger partial charge in [0.25, 0.3) is 0 Å². The van der Waals surface area contributed by atoms with Crippen LogP contribution in [-0.4, -0.2) is 50.0 Å². The van der Waals surface area contributed by atoms with Gasteiger partial charge in [-0.1, -0.05) is 33.4 Å². The number of aromatic nitrogens is 2. The molecule has 5 N–H and O–H groups in total. The smallest absolute Gasteiger partial charge is 0.382 e. The fourth-order valence-electron chi connectivity index (χ4n) is 3.10. The molecule has 9 nitrogen and oxygen atoms in total. The van der Waals surface area contributed by atoms with E-state index < -0.39 is 31.2 Å². The molecule has 0 bridgehead atoms. The molecule has 1 saturated heterocycles. The Balaban J connectivity index is 2.33. The van der Waals surface area contributed by atoms with Crippen LogP contribution in [0.15, 0.2) is 11.0 Å². The van der Waals surface area contributed by atoms with Crippen molar-refractivity contribution in [2.45, 2.75) is 62.6 Å². The summed E-state index contributed by atoms with van der Waals surface area (Å²) in [6.45, 7) is 5.49. The number of nitrogens with zero attached hydrogens (tertiary/aromatic N) is 2. The summed E-state index contributed by atoms with van der Waals surface area (Å²) in [7, 11) is 0.726. The van der Waals surface area contributed by atoms with Gasteiger partial charge in [0.2, 0.25) is 0 Å². The molecule has 166 valence electrons. The van der Waals surface area contributed by atoms with Crippen molar-refractivity contribution in [1.82, 2.24) is 9.55 Å². The molecule has 0 aromatic carbocycles. The summed E-state index contributed by atoms with van der Waals surface area (Å²) in [5, 5.41) is -0.867. The van der Waals surface area contributed by atoms with Gasteiger partial charge in [0, 0.05) is 19.0 Å². The predicted octanol–water partition coefficient (Wildman–Crippen LogP) is 2.07. The largest absolute Gasteiger partial charge is 0.511 e. The van der Waals surface area contributed by atoms with Crippen molar-refractivity contribution in [3.63, 3.8) is 0 Å². The summed E-state index contributed by atoms with van der Waals surface area (Å²) in [6.07, 6.45) is 2.67. The van der Waals surface area contributed by atoms with Gasteiger partial charge >= 0.3 is 13.7 Å². The molecule has 1 aromatic rings. The number of hydrogen-bond donors (Lipinski definition) is 3. The average Bonchev–Trinajstić information content (AvgIpc) is 3.02. The SMILES string of the molecule is CSS[C@@H](C)OC1CC(n2cc(C#CCN)c(N)nc2=O)OC1CC(C)(C)[P+](=O)O. The molecule has 0 saturated carbocycles. The van der Waals surface area contributed by atoms with Crippen LogP contribution in [0.3, 0.4) is 0 Å². The lowest BCUT2D eigenvalue weighted by molar-refractivity contribution is -0.0491. The van der Waals surface area contributed by atoms with Crippen molar-refractivity contribution in [3.05, 3.63) is 22.2 Å². The van der Waals surface area contributed by atoms with Gasteiger partial charge in [-0.2, -0.15) is 9.88 Å². The molecule has 2 heterocycles. The highest BCUT2D eigenvalue weighted by molar-refractivity contribution is 8.76. The topological polar surface area (TPSA) is 143 Å². The zero-order chi connectivity index (χ0) is 22.5. The minimum absolute atomic E-state index is 0.0305. The summed E-state index contributed by atoms with van der Waals surface area (Å²) in [4.78, 5) is 26.0. The van der Waals surface area contributed by atoms with Crippen LogP contribution in [-0.2, 0) is 14.0 Å². The molecule has 0 radical (unpaired) electrons. The number of rotatable bonds is 8. The van der Waals surface area contributed by atoms with Crippen molar-refractivity contribution < 1.29 is 18.9 Å². The normalized spacial score (nSPS) is 23.0. The second-order valence-electron chi connectivity index (χ2n) is 7.40. The van der Waals surface area contributed by atoms with Crippen LogP contribution < -0.4 is 17.2 Å². The standard InChI is InChI=1S/C18H27N4O5PS2/c1-11(30-29-4)26-13-8-15(27-14(13)9-18(2,3)28(24)25)22-10-12(6-5-7-19)16(20)21-17(22)23/h10-11,13-15H,7-9,19H2,1-4H3,(H2-,20,21,23,24,25)/p+1/t11-,13?,14?,15?/m0/s1. The van der Waals surface area contributed by atoms with Gasteiger partial charge in [0.1, 0.15) is 17.5 Å². The Bertz CT molecular complexity index is 886. The number of nitrogen functional groups attached to an aromatic ring is 1. The zero-order valence-electron chi connectivity index (χ0n) is 17.4. The van der Waals surface area contributed by atoms with Gasteiger partial charge in [-0.3, -0.25) is 4.57 Å². The van der Waals surface area contributed by atoms with E-state index in [-0.39, 0.29) is 23.9 Å². The molecule has 1 aliphatic heterocycles. The number of hydrogen-bond acceptors (Lipinski definition) is 9. The molecule has 5 atom stereocenters. The van der Waals surface area contributed by atoms with Crippen molar-refractivity contribution in [2.75, 3.05) is 18.5 Å². The maximum atomic E-state index is 12.5. The fourth-order valence-corrected chi connectivity index (χ4v) is 4.85. The minimum Gasteiger partial charge on any atom is -0.382 e. The van der Waals surface area contributed by atoms with Gasteiger partial charge in [0.05, 0.1) is 24.3 Å². The third-order valence-electron chi connectivity index (χ3n) is 4.61. The second kappa shape index (κ2) is 11.0. The molecule has 1 fully saturated rings. The first-order chi connectivity index (χ1) is 14.1. The zero-order valence-corrected chi connectivity index (χ0v) is 19.9. The molecule has 1 aromatic heterocycles. The maximum Gasteiger partial charge on any atom is 0.511 e. The summed E-state index contributed by atoms with van der Waals surface area (Å²) in [5.74, 6) is 5.53. The molecule has 12 heteroatoms. The molecule has 1 aliphatic rings. The summed E-state index contributed by atoms with van der Waals surface area (Å²) >= 11 is 0. The van der Waals surface area contributed by atoms with E-state index in [1.54, 1.807) is 35.4 Å². The first-order valence-corrected chi connectivity index (χ1v) is 13.2. The molecule has 0 aliphatic carbocycles. The lowest BCUT2D eigenvalue weighted by Crippen LogP contribution is -2.33. The van der Waals surface area contributed by atoms with Crippen molar-refractivity contribution in [1.29, 1.82) is 0 Å². The minimum atomic E-state index is -2.42. The Labute approximate surface area is 184 Å². The summed E-state index contributed by atoms with van der Waals surface area (Å²) in [5.41, 5.74) is 10.9. The first kappa shape index (κ1) is 25.1. The Kier molecular flexibility index (Phi) is 9.18. The Hall–Kier alpha value is -1.12. The Morgan fingerprint density at radius 1 is 1.57 bits per heavy atom. The third-order valence-corrected chi connectivity index (χ3v) is 7.80. The van der Waals surface area contributed by atoms with Gasteiger partial charge in [0.15, 0.2) is 5.16 Å². The van der Waals surface area contributed by atoms with E-state index >= 15 is 0 Å². The van der Waals surface area contributed by atoms with Crippen LogP contribution in [0, 0.1) is 11.8 Å². The second-order valence-corrected chi connectivity index (χ2v) is 11.9. The van der Waals surface area contributed by atoms with Crippen molar-refractivity contribution in [3.8, 4) is 11.8 Å². The van der Waals surface area contributed by atoms with E-state index in [2.05, 4.69) is 16.8 Å². The van der Waals surface area contributed by atoms with Crippen LogP contribution in [0.5, 0.6) is 0 Å². The summed E-state index contributed by atoms with van der Waals surface area (Å²) < 4.78 is 25.4. The van der Waals surface area contributed by atoms with E-state index in [9.17, 15) is 14.3 Å². The lowest BCUT2D eigenvalue weighted by Gasteiger charge is -2.24. The third kappa shape index (κ3) is 6.44. The van der Waals surface area contributed by atoms with Crippen LogP contribution in [0.4, 0.5) is 5.82 Å².